The molecule has 0 saturated carbocycles. The first-order valence-electron chi connectivity index (χ1n) is 10.6. The number of carbonyl (C=O) groups is 1. The number of ether oxygens (including phenoxy) is 1. The van der Waals surface area contributed by atoms with E-state index in [1.807, 2.05) is 11.4 Å². The third-order valence-electron chi connectivity index (χ3n) is 5.79. The van der Waals surface area contributed by atoms with Crippen molar-refractivity contribution in [2.24, 2.45) is 0 Å². The molecule has 2 amide bonds. The number of nitrogens with zero attached hydrogens (tertiary/aromatic N) is 3. The van der Waals surface area contributed by atoms with Crippen molar-refractivity contribution in [2.75, 3.05) is 59.0 Å². The van der Waals surface area contributed by atoms with Gasteiger partial charge in [0.25, 0.3) is 0 Å². The molecule has 4 rings (SSSR count). The van der Waals surface area contributed by atoms with E-state index in [1.54, 1.807) is 16.2 Å². The van der Waals surface area contributed by atoms with Crippen LogP contribution < -0.4 is 5.32 Å². The fraction of sp³-hybridized carbons (Fsp3) is 0.476. The molecule has 0 aliphatic carbocycles. The Morgan fingerprint density at radius 2 is 1.78 bits per heavy atom. The molecule has 0 unspecified atom stereocenters. The van der Waals surface area contributed by atoms with Gasteiger partial charge in [0.2, 0.25) is 10.0 Å². The van der Waals surface area contributed by atoms with Crippen LogP contribution in [0.1, 0.15) is 10.9 Å². The number of hydrogen-bond donors (Lipinski definition) is 1. The van der Waals surface area contributed by atoms with Crippen molar-refractivity contribution < 1.29 is 22.3 Å². The van der Waals surface area contributed by atoms with E-state index in [4.69, 9.17) is 4.74 Å². The molecule has 2 saturated heterocycles. The minimum Gasteiger partial charge on any atom is -0.379 e. The first kappa shape index (κ1) is 23.1. The molecule has 1 atom stereocenters. The third kappa shape index (κ3) is 5.12. The van der Waals surface area contributed by atoms with E-state index in [9.17, 15) is 17.6 Å². The molecule has 2 fully saturated rings. The summed E-state index contributed by atoms with van der Waals surface area (Å²) in [5, 5.41) is 5.04. The van der Waals surface area contributed by atoms with Gasteiger partial charge >= 0.3 is 6.03 Å². The highest BCUT2D eigenvalue weighted by atomic mass is 32.2. The summed E-state index contributed by atoms with van der Waals surface area (Å²) in [5.74, 6) is -0.768. The Balaban J connectivity index is 1.33. The van der Waals surface area contributed by atoms with Gasteiger partial charge in [-0.15, -0.1) is 11.3 Å². The van der Waals surface area contributed by atoms with Crippen LogP contribution in [-0.2, 0) is 14.8 Å². The first-order chi connectivity index (χ1) is 15.5. The third-order valence-corrected chi connectivity index (χ3v) is 8.69. The molecule has 1 N–H and O–H groups in total. The van der Waals surface area contributed by atoms with Crippen LogP contribution in [0.25, 0.3) is 0 Å². The van der Waals surface area contributed by atoms with Gasteiger partial charge < -0.3 is 15.0 Å². The van der Waals surface area contributed by atoms with Crippen LogP contribution in [0.2, 0.25) is 0 Å². The fourth-order valence-electron chi connectivity index (χ4n) is 4.00. The predicted molar refractivity (Wildman–Crippen MR) is 120 cm³/mol. The number of sulfonamides is 1. The van der Waals surface area contributed by atoms with Crippen molar-refractivity contribution >= 4 is 27.4 Å². The molecule has 2 aromatic rings. The monoisotopic (exact) mass is 482 g/mol. The number of benzene rings is 1. The molecule has 174 valence electrons. The lowest BCUT2D eigenvalue weighted by atomic mass is 10.2. The zero-order valence-corrected chi connectivity index (χ0v) is 19.3. The molecule has 2 aliphatic rings. The average Bonchev–Trinajstić information content (AvgIpc) is 3.35. The molecule has 8 nitrogen and oxygen atoms in total. The summed E-state index contributed by atoms with van der Waals surface area (Å²) in [6.07, 6.45) is 0. The number of piperazine rings is 1. The van der Waals surface area contributed by atoms with Gasteiger partial charge in [-0.25, -0.2) is 17.6 Å². The van der Waals surface area contributed by atoms with E-state index in [0.717, 1.165) is 19.2 Å². The smallest absolute Gasteiger partial charge is 0.317 e. The van der Waals surface area contributed by atoms with E-state index in [2.05, 4.69) is 16.3 Å². The Morgan fingerprint density at radius 1 is 1.06 bits per heavy atom. The number of urea groups is 1. The molecular formula is C21H27FN4O4S2. The number of thiophene rings is 1. The van der Waals surface area contributed by atoms with Gasteiger partial charge in [0.05, 0.1) is 19.3 Å². The van der Waals surface area contributed by atoms with Gasteiger partial charge in [0, 0.05) is 50.7 Å². The Morgan fingerprint density at radius 3 is 2.44 bits per heavy atom. The minimum absolute atomic E-state index is 0.0746. The van der Waals surface area contributed by atoms with Crippen molar-refractivity contribution in [3.63, 3.8) is 0 Å². The Bertz CT molecular complexity index is 1000. The van der Waals surface area contributed by atoms with E-state index >= 15 is 0 Å². The second-order valence-corrected chi connectivity index (χ2v) is 10.6. The average molecular weight is 483 g/mol. The Labute approximate surface area is 191 Å². The SMILES string of the molecule is O=C(NC[C@@H](c1cccs1)N1CCOCC1)N1CCN(S(=O)(=O)c2ccccc2F)CC1. The van der Waals surface area contributed by atoms with Crippen molar-refractivity contribution in [1.82, 2.24) is 19.4 Å². The largest absolute Gasteiger partial charge is 0.379 e. The maximum atomic E-state index is 14.0. The predicted octanol–water partition coefficient (Wildman–Crippen LogP) is 1.98. The summed E-state index contributed by atoms with van der Waals surface area (Å²) in [6.45, 7) is 4.19. The molecule has 3 heterocycles. The van der Waals surface area contributed by atoms with Crippen LogP contribution in [0.3, 0.4) is 0 Å². The second kappa shape index (κ2) is 10.3. The number of halogens is 1. The second-order valence-electron chi connectivity index (χ2n) is 7.69. The van der Waals surface area contributed by atoms with Gasteiger partial charge in [-0.1, -0.05) is 18.2 Å². The van der Waals surface area contributed by atoms with Gasteiger partial charge in [-0.05, 0) is 23.6 Å². The lowest BCUT2D eigenvalue weighted by Crippen LogP contribution is -2.54. The van der Waals surface area contributed by atoms with Crippen LogP contribution in [0.15, 0.2) is 46.7 Å². The quantitative estimate of drug-likeness (QED) is 0.681. The molecule has 0 radical (unpaired) electrons. The number of carbonyl (C=O) groups excluding carboxylic acids is 1. The highest BCUT2D eigenvalue weighted by Crippen LogP contribution is 2.25. The highest BCUT2D eigenvalue weighted by Gasteiger charge is 2.32. The molecule has 0 spiro atoms. The topological polar surface area (TPSA) is 82.2 Å². The number of amides is 2. The fourth-order valence-corrected chi connectivity index (χ4v) is 6.35. The zero-order chi connectivity index (χ0) is 22.6. The molecule has 32 heavy (non-hydrogen) atoms. The van der Waals surface area contributed by atoms with Gasteiger partial charge in [-0.2, -0.15) is 4.31 Å². The minimum atomic E-state index is -3.93. The summed E-state index contributed by atoms with van der Waals surface area (Å²) in [7, 11) is -3.93. The van der Waals surface area contributed by atoms with Crippen molar-refractivity contribution in [3.8, 4) is 0 Å². The van der Waals surface area contributed by atoms with E-state index in [0.29, 0.717) is 19.8 Å². The van der Waals surface area contributed by atoms with Crippen molar-refractivity contribution in [2.45, 2.75) is 10.9 Å². The molecule has 2 aliphatic heterocycles. The van der Waals surface area contributed by atoms with Gasteiger partial charge in [0.15, 0.2) is 0 Å². The van der Waals surface area contributed by atoms with E-state index in [1.165, 1.54) is 27.4 Å². The summed E-state index contributed by atoms with van der Waals surface area (Å²) in [5.41, 5.74) is 0. The molecule has 1 aromatic heterocycles. The van der Waals surface area contributed by atoms with E-state index < -0.39 is 15.8 Å². The Hall–Kier alpha value is -2.05. The van der Waals surface area contributed by atoms with E-state index in [-0.39, 0.29) is 43.1 Å². The molecule has 11 heteroatoms. The van der Waals surface area contributed by atoms with Gasteiger partial charge in [-0.3, -0.25) is 4.90 Å². The van der Waals surface area contributed by atoms with Crippen molar-refractivity contribution in [1.29, 1.82) is 0 Å². The maximum absolute atomic E-state index is 14.0. The van der Waals surface area contributed by atoms with Crippen LogP contribution >= 0.6 is 11.3 Å². The zero-order valence-electron chi connectivity index (χ0n) is 17.7. The summed E-state index contributed by atoms with van der Waals surface area (Å²) in [6, 6.07) is 9.28. The summed E-state index contributed by atoms with van der Waals surface area (Å²) >= 11 is 1.66. The van der Waals surface area contributed by atoms with Crippen LogP contribution in [-0.4, -0.2) is 87.6 Å². The molecular weight excluding hydrogens is 455 g/mol. The number of nitrogens with one attached hydrogen (secondary N) is 1. The lowest BCUT2D eigenvalue weighted by Gasteiger charge is -2.36. The summed E-state index contributed by atoms with van der Waals surface area (Å²) in [4.78, 5) is 17.6. The normalized spacial score (nSPS) is 19.6. The molecule has 1 aromatic carbocycles. The number of hydrogen-bond acceptors (Lipinski definition) is 6. The summed E-state index contributed by atoms with van der Waals surface area (Å²) < 4.78 is 46.2. The lowest BCUT2D eigenvalue weighted by molar-refractivity contribution is 0.0171. The number of rotatable bonds is 6. The van der Waals surface area contributed by atoms with Crippen molar-refractivity contribution in [3.05, 3.63) is 52.5 Å². The highest BCUT2D eigenvalue weighted by molar-refractivity contribution is 7.89. The van der Waals surface area contributed by atoms with Crippen LogP contribution in [0.5, 0.6) is 0 Å². The number of morpholine rings is 1. The standard InChI is InChI=1S/C21H27FN4O4S2/c22-17-4-1-2-6-20(17)32(28,29)26-9-7-25(8-10-26)21(27)23-16-18(19-5-3-15-31-19)24-11-13-30-14-12-24/h1-6,15,18H,7-14,16H2,(H,23,27)/t18-/m0/s1. The first-order valence-corrected chi connectivity index (χ1v) is 12.9. The van der Waals surface area contributed by atoms with Gasteiger partial charge in [0.1, 0.15) is 10.7 Å². The maximum Gasteiger partial charge on any atom is 0.317 e. The molecule has 0 bridgehead atoms. The van der Waals surface area contributed by atoms with Crippen LogP contribution in [0, 0.1) is 5.82 Å². The Kier molecular flexibility index (Phi) is 7.41. The van der Waals surface area contributed by atoms with Crippen LogP contribution in [0.4, 0.5) is 9.18 Å².